The Balaban J connectivity index is 2.09. The standard InChI is InChI=1S/C15H20FNO3S/c1-11(15(19)20)3-2-9-17-14(18)8-10-21-13-6-4-12(16)5-7-13/h4-7,11H,2-3,8-10H2,1H3,(H,17,18)(H,19,20). The first-order valence-corrected chi connectivity index (χ1v) is 7.85. The number of rotatable bonds is 9. The molecule has 1 aromatic rings. The number of amides is 1. The molecule has 1 amide bonds. The summed E-state index contributed by atoms with van der Waals surface area (Å²) in [7, 11) is 0. The van der Waals surface area contributed by atoms with E-state index in [-0.39, 0.29) is 17.6 Å². The second-order valence-corrected chi connectivity index (χ2v) is 5.95. The molecule has 0 saturated carbocycles. The lowest BCUT2D eigenvalue weighted by Gasteiger charge is -2.07. The molecule has 2 N–H and O–H groups in total. The zero-order valence-electron chi connectivity index (χ0n) is 12.0. The number of hydrogen-bond acceptors (Lipinski definition) is 3. The van der Waals surface area contributed by atoms with Crippen molar-refractivity contribution in [3.05, 3.63) is 30.1 Å². The minimum absolute atomic E-state index is 0.0485. The number of carboxylic acid groups (broad SMARTS) is 1. The Morgan fingerprint density at radius 1 is 1.33 bits per heavy atom. The Kier molecular flexibility index (Phi) is 7.82. The topological polar surface area (TPSA) is 66.4 Å². The van der Waals surface area contributed by atoms with Crippen molar-refractivity contribution >= 4 is 23.6 Å². The third-order valence-electron chi connectivity index (χ3n) is 2.97. The molecule has 116 valence electrons. The lowest BCUT2D eigenvalue weighted by molar-refractivity contribution is -0.141. The van der Waals surface area contributed by atoms with Gasteiger partial charge in [-0.25, -0.2) is 4.39 Å². The number of carbonyl (C=O) groups excluding carboxylic acids is 1. The summed E-state index contributed by atoms with van der Waals surface area (Å²) in [6, 6.07) is 6.16. The molecule has 1 atom stereocenters. The number of halogens is 1. The van der Waals surface area contributed by atoms with Gasteiger partial charge in [0.1, 0.15) is 5.82 Å². The van der Waals surface area contributed by atoms with Crippen molar-refractivity contribution in [1.82, 2.24) is 5.32 Å². The molecule has 0 radical (unpaired) electrons. The van der Waals surface area contributed by atoms with Crippen molar-refractivity contribution in [2.45, 2.75) is 31.1 Å². The summed E-state index contributed by atoms with van der Waals surface area (Å²) in [6.45, 7) is 2.15. The average molecular weight is 313 g/mol. The minimum Gasteiger partial charge on any atom is -0.481 e. The zero-order chi connectivity index (χ0) is 15.7. The third kappa shape index (κ3) is 7.70. The highest BCUT2D eigenvalue weighted by molar-refractivity contribution is 7.99. The summed E-state index contributed by atoms with van der Waals surface area (Å²) in [5.74, 6) is -0.878. The van der Waals surface area contributed by atoms with Crippen LogP contribution in [0.25, 0.3) is 0 Å². The van der Waals surface area contributed by atoms with Crippen LogP contribution in [0, 0.1) is 11.7 Å². The lowest BCUT2D eigenvalue weighted by Crippen LogP contribution is -2.25. The number of nitrogens with one attached hydrogen (secondary N) is 1. The van der Waals surface area contributed by atoms with Crippen molar-refractivity contribution in [2.75, 3.05) is 12.3 Å². The first kappa shape index (κ1) is 17.5. The molecule has 0 fully saturated rings. The maximum absolute atomic E-state index is 12.7. The van der Waals surface area contributed by atoms with E-state index in [1.807, 2.05) is 0 Å². The van der Waals surface area contributed by atoms with Crippen LogP contribution in [0.4, 0.5) is 4.39 Å². The van der Waals surface area contributed by atoms with E-state index in [1.54, 1.807) is 19.1 Å². The molecule has 0 heterocycles. The van der Waals surface area contributed by atoms with Crippen LogP contribution in [-0.4, -0.2) is 29.3 Å². The molecule has 21 heavy (non-hydrogen) atoms. The van der Waals surface area contributed by atoms with Crippen molar-refractivity contribution in [1.29, 1.82) is 0 Å². The molecule has 0 bridgehead atoms. The summed E-state index contributed by atoms with van der Waals surface area (Å²) in [6.07, 6.45) is 1.60. The molecular formula is C15H20FNO3S. The van der Waals surface area contributed by atoms with Gasteiger partial charge in [0, 0.05) is 23.6 Å². The van der Waals surface area contributed by atoms with Crippen LogP contribution in [0.1, 0.15) is 26.2 Å². The van der Waals surface area contributed by atoms with Gasteiger partial charge in [0.15, 0.2) is 0 Å². The molecule has 6 heteroatoms. The highest BCUT2D eigenvalue weighted by Gasteiger charge is 2.10. The predicted octanol–water partition coefficient (Wildman–Crippen LogP) is 2.93. The van der Waals surface area contributed by atoms with Gasteiger partial charge >= 0.3 is 5.97 Å². The van der Waals surface area contributed by atoms with Gasteiger partial charge in [-0.2, -0.15) is 0 Å². The predicted molar refractivity (Wildman–Crippen MR) is 80.8 cm³/mol. The Labute approximate surface area is 128 Å². The lowest BCUT2D eigenvalue weighted by atomic mass is 10.1. The molecule has 1 unspecified atom stereocenters. The molecule has 0 spiro atoms. The highest BCUT2D eigenvalue weighted by atomic mass is 32.2. The van der Waals surface area contributed by atoms with Crippen molar-refractivity contribution in [3.63, 3.8) is 0 Å². The van der Waals surface area contributed by atoms with Crippen LogP contribution in [0.2, 0.25) is 0 Å². The number of carbonyl (C=O) groups is 2. The number of thioether (sulfide) groups is 1. The first-order valence-electron chi connectivity index (χ1n) is 6.87. The van der Waals surface area contributed by atoms with E-state index >= 15 is 0 Å². The van der Waals surface area contributed by atoms with E-state index < -0.39 is 5.97 Å². The summed E-state index contributed by atoms with van der Waals surface area (Å²) in [4.78, 5) is 23.1. The largest absolute Gasteiger partial charge is 0.481 e. The molecule has 0 aliphatic carbocycles. The smallest absolute Gasteiger partial charge is 0.306 e. The fourth-order valence-electron chi connectivity index (χ4n) is 1.64. The van der Waals surface area contributed by atoms with Crippen molar-refractivity contribution < 1.29 is 19.1 Å². The van der Waals surface area contributed by atoms with Crippen LogP contribution < -0.4 is 5.32 Å². The fourth-order valence-corrected chi connectivity index (χ4v) is 2.49. The molecule has 0 aliphatic rings. The first-order chi connectivity index (χ1) is 9.99. The van der Waals surface area contributed by atoms with Crippen LogP contribution in [0.15, 0.2) is 29.2 Å². The van der Waals surface area contributed by atoms with Crippen LogP contribution >= 0.6 is 11.8 Å². The maximum Gasteiger partial charge on any atom is 0.306 e. The second-order valence-electron chi connectivity index (χ2n) is 4.78. The van der Waals surface area contributed by atoms with E-state index in [1.165, 1.54) is 23.9 Å². The van der Waals surface area contributed by atoms with E-state index in [4.69, 9.17) is 5.11 Å². The zero-order valence-corrected chi connectivity index (χ0v) is 12.8. The summed E-state index contributed by atoms with van der Waals surface area (Å²) in [5, 5.41) is 11.5. The molecular weight excluding hydrogens is 293 g/mol. The molecule has 0 saturated heterocycles. The minimum atomic E-state index is -0.808. The van der Waals surface area contributed by atoms with Gasteiger partial charge in [-0.1, -0.05) is 6.92 Å². The van der Waals surface area contributed by atoms with E-state index in [2.05, 4.69) is 5.32 Å². The number of aliphatic carboxylic acids is 1. The molecule has 1 aromatic carbocycles. The van der Waals surface area contributed by atoms with Crippen molar-refractivity contribution in [2.24, 2.45) is 5.92 Å². The number of carboxylic acids is 1. The summed E-state index contributed by atoms with van der Waals surface area (Å²) in [5.41, 5.74) is 0. The van der Waals surface area contributed by atoms with Crippen LogP contribution in [-0.2, 0) is 9.59 Å². The Morgan fingerprint density at radius 3 is 2.62 bits per heavy atom. The Bertz CT molecular complexity index is 464. The van der Waals surface area contributed by atoms with Gasteiger partial charge in [-0.3, -0.25) is 9.59 Å². The van der Waals surface area contributed by atoms with Gasteiger partial charge in [0.05, 0.1) is 5.92 Å². The van der Waals surface area contributed by atoms with Gasteiger partial charge in [0.2, 0.25) is 5.91 Å². The fraction of sp³-hybridized carbons (Fsp3) is 0.467. The maximum atomic E-state index is 12.7. The van der Waals surface area contributed by atoms with Crippen LogP contribution in [0.5, 0.6) is 0 Å². The van der Waals surface area contributed by atoms with E-state index in [9.17, 15) is 14.0 Å². The Hall–Kier alpha value is -1.56. The van der Waals surface area contributed by atoms with Gasteiger partial charge < -0.3 is 10.4 Å². The SMILES string of the molecule is CC(CCCNC(=O)CCSc1ccc(F)cc1)C(=O)O. The number of benzene rings is 1. The molecule has 0 aliphatic heterocycles. The van der Waals surface area contributed by atoms with Gasteiger partial charge in [-0.05, 0) is 37.1 Å². The normalized spacial score (nSPS) is 11.9. The Morgan fingerprint density at radius 2 is 2.00 bits per heavy atom. The molecule has 1 rings (SSSR count). The monoisotopic (exact) mass is 313 g/mol. The molecule has 0 aromatic heterocycles. The molecule has 4 nitrogen and oxygen atoms in total. The second kappa shape index (κ2) is 9.39. The summed E-state index contributed by atoms with van der Waals surface area (Å²) >= 11 is 1.50. The highest BCUT2D eigenvalue weighted by Crippen LogP contribution is 2.18. The summed E-state index contributed by atoms with van der Waals surface area (Å²) < 4.78 is 12.7. The van der Waals surface area contributed by atoms with E-state index in [0.29, 0.717) is 31.6 Å². The van der Waals surface area contributed by atoms with Crippen molar-refractivity contribution in [3.8, 4) is 0 Å². The average Bonchev–Trinajstić information content (AvgIpc) is 2.45. The van der Waals surface area contributed by atoms with Gasteiger partial charge in [-0.15, -0.1) is 11.8 Å². The van der Waals surface area contributed by atoms with Gasteiger partial charge in [0.25, 0.3) is 0 Å². The quantitative estimate of drug-likeness (QED) is 0.543. The van der Waals surface area contributed by atoms with Crippen LogP contribution in [0.3, 0.4) is 0 Å². The third-order valence-corrected chi connectivity index (χ3v) is 3.98. The van der Waals surface area contributed by atoms with E-state index in [0.717, 1.165) is 4.90 Å². The number of hydrogen-bond donors (Lipinski definition) is 2.